The number of aliphatic hydroxyl groups excluding tert-OH is 3. The van der Waals surface area contributed by atoms with Crippen LogP contribution in [0.2, 0.25) is 0 Å². The largest absolute Gasteiger partial charge is 0.390 e. The summed E-state index contributed by atoms with van der Waals surface area (Å²) in [5, 5.41) is 30.0. The van der Waals surface area contributed by atoms with Crippen molar-refractivity contribution in [3.8, 4) is 0 Å². The van der Waals surface area contributed by atoms with Gasteiger partial charge in [0.25, 0.3) is 0 Å². The van der Waals surface area contributed by atoms with Crippen molar-refractivity contribution in [3.63, 3.8) is 0 Å². The molecule has 6 atom stereocenters. The Morgan fingerprint density at radius 1 is 1.37 bits per heavy atom. The fourth-order valence-electron chi connectivity index (χ4n) is 3.39. The van der Waals surface area contributed by atoms with Gasteiger partial charge in [0, 0.05) is 5.92 Å². The Morgan fingerprint density at radius 2 is 1.95 bits per heavy atom. The number of allylic oxidation sites excluding steroid dienone is 2. The molecule has 0 aromatic rings. The van der Waals surface area contributed by atoms with E-state index in [9.17, 15) is 20.1 Å². The van der Waals surface area contributed by atoms with Gasteiger partial charge in [-0.2, -0.15) is 0 Å². The maximum absolute atomic E-state index is 12.1. The molecule has 0 aromatic heterocycles. The summed E-state index contributed by atoms with van der Waals surface area (Å²) in [5.41, 5.74) is 0.847. The number of ketones is 1. The third kappa shape index (κ3) is 1.98. The van der Waals surface area contributed by atoms with E-state index in [0.29, 0.717) is 12.0 Å². The smallest absolute Gasteiger partial charge is 0.162 e. The first-order valence-electron chi connectivity index (χ1n) is 6.65. The van der Waals surface area contributed by atoms with Crippen LogP contribution < -0.4 is 0 Å². The van der Waals surface area contributed by atoms with E-state index >= 15 is 0 Å². The van der Waals surface area contributed by atoms with Crippen LogP contribution in [-0.2, 0) is 4.79 Å². The Bertz CT molecular complexity index is 453. The zero-order valence-corrected chi connectivity index (χ0v) is 11.6. The van der Waals surface area contributed by atoms with E-state index in [2.05, 4.69) is 6.58 Å². The number of carbonyl (C=O) groups excluding carboxylic acids is 1. The first kappa shape index (κ1) is 14.4. The van der Waals surface area contributed by atoms with Crippen LogP contribution in [0, 0.1) is 17.3 Å². The molecule has 2 rings (SSSR count). The molecule has 2 aliphatic carbocycles. The molecule has 0 bridgehead atoms. The SMILES string of the molecule is C=C(C)[C@@H]1C[C@@]2(C)C(=CC1=O)[C@@H](O)[C@H](O)[C@H](O)[C@@H]2C. The van der Waals surface area contributed by atoms with Crippen LogP contribution in [0.15, 0.2) is 23.8 Å². The Morgan fingerprint density at radius 3 is 2.47 bits per heavy atom. The second-order valence-electron chi connectivity index (χ2n) is 6.24. The van der Waals surface area contributed by atoms with Crippen molar-refractivity contribution < 1.29 is 20.1 Å². The van der Waals surface area contributed by atoms with Crippen LogP contribution in [0.4, 0.5) is 0 Å². The van der Waals surface area contributed by atoms with Crippen LogP contribution in [-0.4, -0.2) is 39.4 Å². The van der Waals surface area contributed by atoms with Crippen molar-refractivity contribution >= 4 is 5.78 Å². The van der Waals surface area contributed by atoms with Crippen LogP contribution in [0.1, 0.15) is 27.2 Å². The topological polar surface area (TPSA) is 77.8 Å². The molecule has 0 saturated heterocycles. The predicted molar refractivity (Wildman–Crippen MR) is 71.3 cm³/mol. The Labute approximate surface area is 113 Å². The second-order valence-corrected chi connectivity index (χ2v) is 6.24. The standard InChI is InChI=1S/C15H22O4/c1-7(2)9-6-15(4)8(3)12(17)14(19)13(18)10(15)5-11(9)16/h5,8-9,12-14,17-19H,1,6H2,2-4H3/t8-,9-,12+,13+,14+,15+/m0/s1. The van der Waals surface area contributed by atoms with Gasteiger partial charge in [-0.1, -0.05) is 26.0 Å². The molecule has 4 heteroatoms. The van der Waals surface area contributed by atoms with Crippen molar-refractivity contribution in [2.45, 2.75) is 45.5 Å². The molecule has 1 saturated carbocycles. The van der Waals surface area contributed by atoms with Gasteiger partial charge in [0.1, 0.15) is 12.2 Å². The number of fused-ring (bicyclic) bond motifs is 1. The third-order valence-corrected chi connectivity index (χ3v) is 5.03. The summed E-state index contributed by atoms with van der Waals surface area (Å²) in [5.74, 6) is -0.576. The van der Waals surface area contributed by atoms with E-state index in [1.54, 1.807) is 0 Å². The highest BCUT2D eigenvalue weighted by molar-refractivity contribution is 5.95. The Kier molecular flexibility index (Phi) is 3.45. The molecule has 106 valence electrons. The summed E-state index contributed by atoms with van der Waals surface area (Å²) in [6, 6.07) is 0. The maximum Gasteiger partial charge on any atom is 0.162 e. The van der Waals surface area contributed by atoms with E-state index < -0.39 is 23.7 Å². The van der Waals surface area contributed by atoms with Gasteiger partial charge in [0.05, 0.1) is 6.10 Å². The van der Waals surface area contributed by atoms with Crippen molar-refractivity contribution in [3.05, 3.63) is 23.8 Å². The average molecular weight is 266 g/mol. The molecule has 0 aliphatic heterocycles. The lowest BCUT2D eigenvalue weighted by Crippen LogP contribution is -2.57. The van der Waals surface area contributed by atoms with Crippen LogP contribution in [0.25, 0.3) is 0 Å². The maximum atomic E-state index is 12.1. The number of rotatable bonds is 1. The summed E-state index contributed by atoms with van der Waals surface area (Å²) < 4.78 is 0. The van der Waals surface area contributed by atoms with Gasteiger partial charge in [-0.15, -0.1) is 0 Å². The van der Waals surface area contributed by atoms with E-state index in [1.165, 1.54) is 6.08 Å². The molecule has 0 unspecified atom stereocenters. The Balaban J connectivity index is 2.50. The van der Waals surface area contributed by atoms with Crippen molar-refractivity contribution in [2.75, 3.05) is 0 Å². The summed E-state index contributed by atoms with van der Waals surface area (Å²) in [7, 11) is 0. The normalized spacial score (nSPS) is 46.5. The first-order valence-corrected chi connectivity index (χ1v) is 6.65. The van der Waals surface area contributed by atoms with Gasteiger partial charge in [-0.3, -0.25) is 4.79 Å². The van der Waals surface area contributed by atoms with Crippen LogP contribution in [0.3, 0.4) is 0 Å². The van der Waals surface area contributed by atoms with E-state index in [0.717, 1.165) is 5.57 Å². The summed E-state index contributed by atoms with van der Waals surface area (Å²) in [6.07, 6.45) is -1.43. The Hall–Kier alpha value is -0.970. The molecule has 2 aliphatic rings. The summed E-state index contributed by atoms with van der Waals surface area (Å²) in [4.78, 5) is 12.1. The molecule has 4 nitrogen and oxygen atoms in total. The van der Waals surface area contributed by atoms with Gasteiger partial charge in [0.15, 0.2) is 5.78 Å². The monoisotopic (exact) mass is 266 g/mol. The molecule has 0 amide bonds. The zero-order valence-electron chi connectivity index (χ0n) is 11.6. The predicted octanol–water partition coefficient (Wildman–Crippen LogP) is 0.817. The molecule has 1 fully saturated rings. The quantitative estimate of drug-likeness (QED) is 0.614. The van der Waals surface area contributed by atoms with Gasteiger partial charge in [0.2, 0.25) is 0 Å². The molecule has 0 spiro atoms. The van der Waals surface area contributed by atoms with E-state index in [-0.39, 0.29) is 17.6 Å². The van der Waals surface area contributed by atoms with E-state index in [1.807, 2.05) is 20.8 Å². The average Bonchev–Trinajstić information content (AvgIpc) is 2.35. The number of carbonyl (C=O) groups is 1. The lowest BCUT2D eigenvalue weighted by Gasteiger charge is -2.52. The van der Waals surface area contributed by atoms with E-state index in [4.69, 9.17) is 0 Å². The minimum absolute atomic E-state index is 0.0742. The second kappa shape index (κ2) is 4.54. The highest BCUT2D eigenvalue weighted by Gasteiger charge is 2.54. The molecule has 3 N–H and O–H groups in total. The number of aliphatic hydroxyl groups is 3. The molecule has 19 heavy (non-hydrogen) atoms. The molecule has 0 heterocycles. The number of hydrogen-bond donors (Lipinski definition) is 3. The first-order chi connectivity index (χ1) is 8.70. The van der Waals surface area contributed by atoms with Gasteiger partial charge in [-0.05, 0) is 36.3 Å². The fraction of sp³-hybridized carbons (Fsp3) is 0.667. The number of hydrogen-bond acceptors (Lipinski definition) is 4. The minimum Gasteiger partial charge on any atom is -0.390 e. The molecule has 0 radical (unpaired) electrons. The molecular formula is C15H22O4. The van der Waals surface area contributed by atoms with Gasteiger partial charge < -0.3 is 15.3 Å². The van der Waals surface area contributed by atoms with Crippen LogP contribution >= 0.6 is 0 Å². The van der Waals surface area contributed by atoms with Crippen molar-refractivity contribution in [1.29, 1.82) is 0 Å². The van der Waals surface area contributed by atoms with Gasteiger partial charge in [-0.25, -0.2) is 0 Å². The minimum atomic E-state index is -1.23. The highest BCUT2D eigenvalue weighted by atomic mass is 16.4. The lowest BCUT2D eigenvalue weighted by atomic mass is 9.55. The third-order valence-electron chi connectivity index (χ3n) is 5.03. The summed E-state index contributed by atoms with van der Waals surface area (Å²) in [6.45, 7) is 9.45. The fourth-order valence-corrected chi connectivity index (χ4v) is 3.39. The highest BCUT2D eigenvalue weighted by Crippen LogP contribution is 2.52. The lowest BCUT2D eigenvalue weighted by molar-refractivity contribution is -0.134. The van der Waals surface area contributed by atoms with Crippen molar-refractivity contribution in [2.24, 2.45) is 17.3 Å². The molecule has 0 aromatic carbocycles. The molecular weight excluding hydrogens is 244 g/mol. The van der Waals surface area contributed by atoms with Crippen LogP contribution in [0.5, 0.6) is 0 Å². The summed E-state index contributed by atoms with van der Waals surface area (Å²) >= 11 is 0. The zero-order chi connectivity index (χ0) is 14.5. The van der Waals surface area contributed by atoms with Gasteiger partial charge >= 0.3 is 0 Å². The van der Waals surface area contributed by atoms with Crippen molar-refractivity contribution in [1.82, 2.24) is 0 Å².